The Kier molecular flexibility index (Phi) is 6.21. The van der Waals surface area contributed by atoms with Gasteiger partial charge in [-0.25, -0.2) is 0 Å². The van der Waals surface area contributed by atoms with Crippen LogP contribution in [0.5, 0.6) is 0 Å². The van der Waals surface area contributed by atoms with E-state index < -0.39 is 18.1 Å². The van der Waals surface area contributed by atoms with E-state index in [2.05, 4.69) is 10.9 Å². The standard InChI is InChI=1S/C17H27N3O2/c1-12-7-5-6-10-15(12)19-20-17(22)16(21)14(18)11-13-8-3-2-4-9-13/h5-7,10,13-14,16,19,21H,2-4,8-9,11,18H2,1H3,(H,20,22)/t14-,16?/m1/s1. The van der Waals surface area contributed by atoms with Gasteiger partial charge in [0, 0.05) is 6.04 Å². The molecule has 22 heavy (non-hydrogen) atoms. The highest BCUT2D eigenvalue weighted by molar-refractivity contribution is 5.82. The van der Waals surface area contributed by atoms with Gasteiger partial charge in [0.1, 0.15) is 6.10 Å². The number of hydrazine groups is 1. The summed E-state index contributed by atoms with van der Waals surface area (Å²) in [6, 6.07) is 7.11. The van der Waals surface area contributed by atoms with E-state index in [1.165, 1.54) is 19.3 Å². The second kappa shape index (κ2) is 8.15. The zero-order valence-electron chi connectivity index (χ0n) is 13.2. The van der Waals surface area contributed by atoms with Crippen molar-refractivity contribution >= 4 is 11.6 Å². The Morgan fingerprint density at radius 2 is 2.00 bits per heavy atom. The van der Waals surface area contributed by atoms with E-state index in [-0.39, 0.29) is 0 Å². The van der Waals surface area contributed by atoms with Crippen LogP contribution in [0.4, 0.5) is 5.69 Å². The van der Waals surface area contributed by atoms with Crippen molar-refractivity contribution in [2.45, 2.75) is 57.6 Å². The molecular formula is C17H27N3O2. The second-order valence-electron chi connectivity index (χ2n) is 6.28. The highest BCUT2D eigenvalue weighted by Crippen LogP contribution is 2.27. The molecule has 0 radical (unpaired) electrons. The molecule has 1 saturated carbocycles. The monoisotopic (exact) mass is 305 g/mol. The Hall–Kier alpha value is -1.59. The van der Waals surface area contributed by atoms with Crippen molar-refractivity contribution in [1.82, 2.24) is 5.43 Å². The van der Waals surface area contributed by atoms with Gasteiger partial charge in [0.05, 0.1) is 5.69 Å². The average molecular weight is 305 g/mol. The molecule has 122 valence electrons. The van der Waals surface area contributed by atoms with Crippen LogP contribution in [0.1, 0.15) is 44.1 Å². The molecule has 5 N–H and O–H groups in total. The molecule has 1 fully saturated rings. The first-order valence-corrected chi connectivity index (χ1v) is 8.13. The van der Waals surface area contributed by atoms with Gasteiger partial charge in [-0.05, 0) is 30.9 Å². The molecule has 0 bridgehead atoms. The molecule has 1 unspecified atom stereocenters. The van der Waals surface area contributed by atoms with Crippen LogP contribution < -0.4 is 16.6 Å². The van der Waals surface area contributed by atoms with E-state index >= 15 is 0 Å². The number of rotatable bonds is 6. The Bertz CT molecular complexity index is 487. The van der Waals surface area contributed by atoms with Gasteiger partial charge in [-0.1, -0.05) is 50.3 Å². The van der Waals surface area contributed by atoms with Crippen LogP contribution in [0.3, 0.4) is 0 Å². The summed E-state index contributed by atoms with van der Waals surface area (Å²) in [5.74, 6) is 0.0575. The van der Waals surface area contributed by atoms with E-state index in [4.69, 9.17) is 5.73 Å². The summed E-state index contributed by atoms with van der Waals surface area (Å²) < 4.78 is 0. The smallest absolute Gasteiger partial charge is 0.268 e. The molecule has 0 spiro atoms. The highest BCUT2D eigenvalue weighted by atomic mass is 16.3. The summed E-state index contributed by atoms with van der Waals surface area (Å²) in [4.78, 5) is 12.0. The van der Waals surface area contributed by atoms with Crippen LogP contribution in [-0.2, 0) is 4.79 Å². The summed E-state index contributed by atoms with van der Waals surface area (Å²) in [6.45, 7) is 1.94. The molecule has 1 aliphatic carbocycles. The predicted octanol–water partition coefficient (Wildman–Crippen LogP) is 2.10. The number of hydrogen-bond acceptors (Lipinski definition) is 4. The van der Waals surface area contributed by atoms with Gasteiger partial charge in [0.25, 0.3) is 5.91 Å². The largest absolute Gasteiger partial charge is 0.382 e. The van der Waals surface area contributed by atoms with E-state index in [1.807, 2.05) is 31.2 Å². The Morgan fingerprint density at radius 1 is 1.32 bits per heavy atom. The zero-order chi connectivity index (χ0) is 15.9. The first-order chi connectivity index (χ1) is 10.6. The number of aryl methyl sites for hydroxylation is 1. The number of carbonyl (C=O) groups is 1. The molecule has 2 rings (SSSR count). The minimum atomic E-state index is -1.18. The lowest BCUT2D eigenvalue weighted by molar-refractivity contribution is -0.130. The Morgan fingerprint density at radius 3 is 2.68 bits per heavy atom. The minimum absolute atomic E-state index is 0.480. The van der Waals surface area contributed by atoms with Crippen molar-refractivity contribution < 1.29 is 9.90 Å². The van der Waals surface area contributed by atoms with E-state index in [0.29, 0.717) is 12.3 Å². The van der Waals surface area contributed by atoms with E-state index in [1.54, 1.807) is 0 Å². The fourth-order valence-electron chi connectivity index (χ4n) is 3.05. The van der Waals surface area contributed by atoms with Crippen molar-refractivity contribution in [1.29, 1.82) is 0 Å². The molecule has 0 aromatic heterocycles. The lowest BCUT2D eigenvalue weighted by atomic mass is 9.84. The fourth-order valence-corrected chi connectivity index (χ4v) is 3.05. The molecule has 2 atom stereocenters. The summed E-state index contributed by atoms with van der Waals surface area (Å²) in [6.07, 6.45) is 5.59. The van der Waals surface area contributed by atoms with E-state index in [0.717, 1.165) is 24.1 Å². The van der Waals surface area contributed by atoms with Crippen molar-refractivity contribution in [2.24, 2.45) is 11.7 Å². The SMILES string of the molecule is Cc1ccccc1NNC(=O)C(O)[C@H](N)CC1CCCCC1. The number of aliphatic hydroxyl groups is 1. The number of hydrogen-bond donors (Lipinski definition) is 4. The topological polar surface area (TPSA) is 87.4 Å². The molecule has 1 amide bonds. The molecule has 5 heteroatoms. The Labute approximate surface area is 132 Å². The van der Waals surface area contributed by atoms with E-state index in [9.17, 15) is 9.90 Å². The number of benzene rings is 1. The number of amides is 1. The predicted molar refractivity (Wildman–Crippen MR) is 88.1 cm³/mol. The molecule has 5 nitrogen and oxygen atoms in total. The van der Waals surface area contributed by atoms with Gasteiger partial charge in [0.2, 0.25) is 0 Å². The molecule has 1 aromatic rings. The summed E-state index contributed by atoms with van der Waals surface area (Å²) in [5.41, 5.74) is 13.2. The maximum atomic E-state index is 12.0. The maximum Gasteiger partial charge on any atom is 0.268 e. The van der Waals surface area contributed by atoms with Gasteiger partial charge in [-0.2, -0.15) is 0 Å². The van der Waals surface area contributed by atoms with Gasteiger partial charge in [0.15, 0.2) is 0 Å². The van der Waals surface area contributed by atoms with Crippen molar-refractivity contribution in [3.05, 3.63) is 29.8 Å². The van der Waals surface area contributed by atoms with Gasteiger partial charge in [-0.15, -0.1) is 0 Å². The lowest BCUT2D eigenvalue weighted by Gasteiger charge is -2.26. The third-order valence-corrected chi connectivity index (χ3v) is 4.47. The average Bonchev–Trinajstić information content (AvgIpc) is 2.54. The molecule has 0 heterocycles. The first-order valence-electron chi connectivity index (χ1n) is 8.13. The number of anilines is 1. The molecular weight excluding hydrogens is 278 g/mol. The lowest BCUT2D eigenvalue weighted by Crippen LogP contribution is -2.48. The van der Waals surface area contributed by atoms with Crippen molar-refractivity contribution in [3.63, 3.8) is 0 Å². The van der Waals surface area contributed by atoms with Crippen LogP contribution in [0.25, 0.3) is 0 Å². The van der Waals surface area contributed by atoms with Gasteiger partial charge in [-0.3, -0.25) is 15.6 Å². The molecule has 0 saturated heterocycles. The molecule has 0 aliphatic heterocycles. The highest BCUT2D eigenvalue weighted by Gasteiger charge is 2.26. The number of para-hydroxylation sites is 1. The van der Waals surface area contributed by atoms with Crippen molar-refractivity contribution in [3.8, 4) is 0 Å². The van der Waals surface area contributed by atoms with Crippen LogP contribution in [0.2, 0.25) is 0 Å². The van der Waals surface area contributed by atoms with Crippen LogP contribution >= 0.6 is 0 Å². The van der Waals surface area contributed by atoms with Crippen LogP contribution in [0, 0.1) is 12.8 Å². The number of nitrogens with one attached hydrogen (secondary N) is 2. The van der Waals surface area contributed by atoms with Crippen LogP contribution in [0.15, 0.2) is 24.3 Å². The molecule has 1 aromatic carbocycles. The Balaban J connectivity index is 1.79. The second-order valence-corrected chi connectivity index (χ2v) is 6.28. The van der Waals surface area contributed by atoms with Crippen molar-refractivity contribution in [2.75, 3.05) is 5.43 Å². The third-order valence-electron chi connectivity index (χ3n) is 4.47. The number of nitrogens with two attached hydrogens (primary N) is 1. The maximum absolute atomic E-state index is 12.0. The number of carbonyl (C=O) groups excluding carboxylic acids is 1. The fraction of sp³-hybridized carbons (Fsp3) is 0.588. The molecule has 1 aliphatic rings. The normalized spacial score (nSPS) is 18.5. The van der Waals surface area contributed by atoms with Crippen LogP contribution in [-0.4, -0.2) is 23.2 Å². The third kappa shape index (κ3) is 4.71. The summed E-state index contributed by atoms with van der Waals surface area (Å²) >= 11 is 0. The van der Waals surface area contributed by atoms with Gasteiger partial charge >= 0.3 is 0 Å². The minimum Gasteiger partial charge on any atom is -0.382 e. The quantitative estimate of drug-likeness (QED) is 0.606. The summed E-state index contributed by atoms with van der Waals surface area (Å²) in [5, 5.41) is 10.1. The van der Waals surface area contributed by atoms with Gasteiger partial charge < -0.3 is 10.8 Å². The summed E-state index contributed by atoms with van der Waals surface area (Å²) in [7, 11) is 0. The zero-order valence-corrected chi connectivity index (χ0v) is 13.2. The number of aliphatic hydroxyl groups excluding tert-OH is 1. The first kappa shape index (κ1) is 16.8.